The van der Waals surface area contributed by atoms with Crippen LogP contribution in [0.15, 0.2) is 24.3 Å². The zero-order valence-electron chi connectivity index (χ0n) is 17.9. The van der Waals surface area contributed by atoms with Gasteiger partial charge in [0.25, 0.3) is 0 Å². The van der Waals surface area contributed by atoms with Crippen molar-refractivity contribution in [1.29, 1.82) is 0 Å². The van der Waals surface area contributed by atoms with Crippen molar-refractivity contribution >= 4 is 27.3 Å². The minimum absolute atomic E-state index is 0.0526. The molecule has 0 atom stereocenters. The molecule has 0 spiro atoms. The number of nitrogens with one attached hydrogen (secondary N) is 2. The van der Waals surface area contributed by atoms with Gasteiger partial charge in [0.2, 0.25) is 15.9 Å². The van der Waals surface area contributed by atoms with E-state index in [0.717, 1.165) is 63.0 Å². The lowest BCUT2D eigenvalue weighted by molar-refractivity contribution is -0.119. The lowest BCUT2D eigenvalue weighted by Gasteiger charge is -2.31. The highest BCUT2D eigenvalue weighted by Crippen LogP contribution is 2.27. The summed E-state index contributed by atoms with van der Waals surface area (Å²) in [6, 6.07) is 8.17. The van der Waals surface area contributed by atoms with Gasteiger partial charge < -0.3 is 10.2 Å². The van der Waals surface area contributed by atoms with Gasteiger partial charge in [0.1, 0.15) is 0 Å². The molecule has 6 nitrogen and oxygen atoms in total. The Morgan fingerprint density at radius 3 is 2.28 bits per heavy atom. The molecule has 2 aliphatic rings. The SMILES string of the molecule is CC(C)(C)S(=O)(=O)NC1CCC(CNc2ccc(N3CCCCC3=O)cc2)CC1. The van der Waals surface area contributed by atoms with E-state index in [1.807, 2.05) is 29.2 Å². The molecule has 1 aromatic carbocycles. The highest BCUT2D eigenvalue weighted by Gasteiger charge is 2.32. The van der Waals surface area contributed by atoms with Crippen molar-refractivity contribution in [3.8, 4) is 0 Å². The molecule has 2 N–H and O–H groups in total. The molecule has 29 heavy (non-hydrogen) atoms. The Balaban J connectivity index is 1.44. The van der Waals surface area contributed by atoms with Gasteiger partial charge in [-0.05, 0) is 89.5 Å². The Morgan fingerprint density at radius 2 is 1.69 bits per heavy atom. The first kappa shape index (κ1) is 22.1. The van der Waals surface area contributed by atoms with E-state index in [4.69, 9.17) is 0 Å². The lowest BCUT2D eigenvalue weighted by atomic mass is 9.86. The van der Waals surface area contributed by atoms with Crippen molar-refractivity contribution in [3.63, 3.8) is 0 Å². The molecule has 2 fully saturated rings. The molecule has 1 amide bonds. The Kier molecular flexibility index (Phi) is 6.89. The molecule has 1 saturated heterocycles. The van der Waals surface area contributed by atoms with Gasteiger partial charge in [0.15, 0.2) is 0 Å². The summed E-state index contributed by atoms with van der Waals surface area (Å²) in [5, 5.41) is 3.50. The normalized spacial score (nSPS) is 23.8. The van der Waals surface area contributed by atoms with Crippen LogP contribution in [0.3, 0.4) is 0 Å². The van der Waals surface area contributed by atoms with E-state index >= 15 is 0 Å². The summed E-state index contributed by atoms with van der Waals surface area (Å²) in [5.41, 5.74) is 2.04. The molecule has 0 aromatic heterocycles. The zero-order valence-corrected chi connectivity index (χ0v) is 18.7. The maximum absolute atomic E-state index is 12.3. The molecule has 162 valence electrons. The molecule has 0 radical (unpaired) electrons. The first-order chi connectivity index (χ1) is 13.7. The number of amides is 1. The van der Waals surface area contributed by atoms with E-state index < -0.39 is 14.8 Å². The van der Waals surface area contributed by atoms with Gasteiger partial charge in [-0.2, -0.15) is 0 Å². The molecular formula is C22H35N3O3S. The van der Waals surface area contributed by atoms with Crippen LogP contribution < -0.4 is 14.9 Å². The smallest absolute Gasteiger partial charge is 0.226 e. The lowest BCUT2D eigenvalue weighted by Crippen LogP contribution is -2.46. The minimum atomic E-state index is -3.28. The number of piperidine rings is 1. The van der Waals surface area contributed by atoms with Gasteiger partial charge in [-0.25, -0.2) is 13.1 Å². The van der Waals surface area contributed by atoms with Crippen LogP contribution in [-0.4, -0.2) is 38.2 Å². The van der Waals surface area contributed by atoms with E-state index in [2.05, 4.69) is 10.0 Å². The van der Waals surface area contributed by atoms with Crippen molar-refractivity contribution in [2.75, 3.05) is 23.3 Å². The van der Waals surface area contributed by atoms with Crippen LogP contribution >= 0.6 is 0 Å². The molecule has 0 bridgehead atoms. The number of sulfonamides is 1. The summed E-state index contributed by atoms with van der Waals surface area (Å²) in [6.07, 6.45) is 6.52. The molecule has 1 aliphatic heterocycles. The first-order valence-electron chi connectivity index (χ1n) is 10.8. The summed E-state index contributed by atoms with van der Waals surface area (Å²) in [7, 11) is -3.28. The predicted molar refractivity (Wildman–Crippen MR) is 119 cm³/mol. The fraction of sp³-hybridized carbons (Fsp3) is 0.682. The maximum Gasteiger partial charge on any atom is 0.226 e. The third-order valence-corrected chi connectivity index (χ3v) is 8.33. The number of carbonyl (C=O) groups is 1. The molecule has 1 saturated carbocycles. The Hall–Kier alpha value is -1.60. The van der Waals surface area contributed by atoms with Crippen LogP contribution in [0.2, 0.25) is 0 Å². The van der Waals surface area contributed by atoms with Gasteiger partial charge in [0, 0.05) is 36.9 Å². The number of rotatable bonds is 6. The third kappa shape index (κ3) is 5.72. The van der Waals surface area contributed by atoms with Gasteiger partial charge in [0.05, 0.1) is 4.75 Å². The van der Waals surface area contributed by atoms with Crippen LogP contribution in [-0.2, 0) is 14.8 Å². The average molecular weight is 422 g/mol. The second-order valence-corrected chi connectivity index (χ2v) is 11.8. The number of carbonyl (C=O) groups excluding carboxylic acids is 1. The molecule has 1 aromatic rings. The van der Waals surface area contributed by atoms with Crippen molar-refractivity contribution in [1.82, 2.24) is 4.72 Å². The molecule has 1 aliphatic carbocycles. The summed E-state index contributed by atoms with van der Waals surface area (Å²) in [5.74, 6) is 0.768. The predicted octanol–water partition coefficient (Wildman–Crippen LogP) is 3.89. The van der Waals surface area contributed by atoms with E-state index in [0.29, 0.717) is 12.3 Å². The van der Waals surface area contributed by atoms with Crippen LogP contribution in [0.25, 0.3) is 0 Å². The van der Waals surface area contributed by atoms with E-state index in [1.54, 1.807) is 20.8 Å². The highest BCUT2D eigenvalue weighted by atomic mass is 32.2. The summed E-state index contributed by atoms with van der Waals surface area (Å²) < 4.78 is 26.8. The maximum atomic E-state index is 12.3. The van der Waals surface area contributed by atoms with Crippen molar-refractivity contribution in [2.45, 2.75) is 76.5 Å². The number of anilines is 2. The van der Waals surface area contributed by atoms with Crippen LogP contribution in [0.1, 0.15) is 65.7 Å². The second kappa shape index (κ2) is 9.04. The van der Waals surface area contributed by atoms with Crippen molar-refractivity contribution < 1.29 is 13.2 Å². The Labute approximate surface area is 175 Å². The van der Waals surface area contributed by atoms with Crippen LogP contribution in [0.4, 0.5) is 11.4 Å². The molecule has 0 unspecified atom stereocenters. The first-order valence-corrected chi connectivity index (χ1v) is 12.3. The fourth-order valence-electron chi connectivity index (χ4n) is 3.98. The van der Waals surface area contributed by atoms with Crippen molar-refractivity contribution in [3.05, 3.63) is 24.3 Å². The van der Waals surface area contributed by atoms with E-state index in [-0.39, 0.29) is 11.9 Å². The monoisotopic (exact) mass is 421 g/mol. The fourth-order valence-corrected chi connectivity index (χ4v) is 5.01. The highest BCUT2D eigenvalue weighted by molar-refractivity contribution is 7.90. The van der Waals surface area contributed by atoms with Gasteiger partial charge in [-0.3, -0.25) is 4.79 Å². The van der Waals surface area contributed by atoms with Gasteiger partial charge in [-0.15, -0.1) is 0 Å². The molecule has 1 heterocycles. The summed E-state index contributed by atoms with van der Waals surface area (Å²) in [4.78, 5) is 13.9. The summed E-state index contributed by atoms with van der Waals surface area (Å²) in [6.45, 7) is 6.90. The second-order valence-electron chi connectivity index (χ2n) is 9.38. The van der Waals surface area contributed by atoms with Crippen molar-refractivity contribution in [2.24, 2.45) is 5.92 Å². The number of benzene rings is 1. The van der Waals surface area contributed by atoms with Crippen LogP contribution in [0.5, 0.6) is 0 Å². The zero-order chi connectivity index (χ0) is 21.1. The molecule has 3 rings (SSSR count). The third-order valence-electron chi connectivity index (χ3n) is 6.07. The minimum Gasteiger partial charge on any atom is -0.385 e. The average Bonchev–Trinajstić information content (AvgIpc) is 2.67. The Bertz CT molecular complexity index is 792. The summed E-state index contributed by atoms with van der Waals surface area (Å²) >= 11 is 0. The van der Waals surface area contributed by atoms with E-state index in [1.165, 1.54) is 0 Å². The number of hydrogen-bond donors (Lipinski definition) is 2. The number of nitrogens with zero attached hydrogens (tertiary/aromatic N) is 1. The Morgan fingerprint density at radius 1 is 1.03 bits per heavy atom. The quantitative estimate of drug-likeness (QED) is 0.730. The van der Waals surface area contributed by atoms with Gasteiger partial charge in [-0.1, -0.05) is 0 Å². The van der Waals surface area contributed by atoms with Gasteiger partial charge >= 0.3 is 0 Å². The topological polar surface area (TPSA) is 78.5 Å². The molecular weight excluding hydrogens is 386 g/mol. The largest absolute Gasteiger partial charge is 0.385 e. The molecule has 7 heteroatoms. The number of hydrogen-bond acceptors (Lipinski definition) is 4. The van der Waals surface area contributed by atoms with Crippen LogP contribution in [0, 0.1) is 5.92 Å². The standard InChI is InChI=1S/C22H35N3O3S/c1-22(2,3)29(27,28)24-19-9-7-17(8-10-19)16-23-18-11-13-20(14-12-18)25-15-5-4-6-21(25)26/h11-14,17,19,23-24H,4-10,15-16H2,1-3H3. The van der Waals surface area contributed by atoms with E-state index in [9.17, 15) is 13.2 Å².